The van der Waals surface area contributed by atoms with E-state index in [0.29, 0.717) is 24.4 Å². The Balaban J connectivity index is 2.37. The zero-order valence-electron chi connectivity index (χ0n) is 12.6. The van der Waals surface area contributed by atoms with Gasteiger partial charge in [0, 0.05) is 17.1 Å². The van der Waals surface area contributed by atoms with Gasteiger partial charge in [-0.1, -0.05) is 11.6 Å². The van der Waals surface area contributed by atoms with E-state index < -0.39 is 0 Å². The van der Waals surface area contributed by atoms with Crippen LogP contribution in [-0.2, 0) is 14.3 Å². The molecule has 0 bridgehead atoms. The molecule has 21 heavy (non-hydrogen) atoms. The molecule has 0 aliphatic rings. The predicted molar refractivity (Wildman–Crippen MR) is 83.6 cm³/mol. The summed E-state index contributed by atoms with van der Waals surface area (Å²) in [6.07, 6.45) is 1.02. The number of hydrogen-bond donors (Lipinski definition) is 1. The molecule has 116 valence electrons. The fourth-order valence-corrected chi connectivity index (χ4v) is 2.10. The van der Waals surface area contributed by atoms with Crippen molar-refractivity contribution < 1.29 is 14.3 Å². The third kappa shape index (κ3) is 6.60. The van der Waals surface area contributed by atoms with Crippen molar-refractivity contribution in [3.05, 3.63) is 28.8 Å². The Bertz CT molecular complexity index is 506. The van der Waals surface area contributed by atoms with Gasteiger partial charge in [-0.05, 0) is 50.7 Å². The largest absolute Gasteiger partial charge is 0.469 e. The number of ether oxygens (including phenoxy) is 1. The summed E-state index contributed by atoms with van der Waals surface area (Å²) in [5, 5.41) is 3.49. The van der Waals surface area contributed by atoms with E-state index in [4.69, 9.17) is 11.6 Å². The summed E-state index contributed by atoms with van der Waals surface area (Å²) < 4.78 is 4.57. The number of halogens is 1. The molecule has 1 amide bonds. The summed E-state index contributed by atoms with van der Waals surface area (Å²) in [7, 11) is 3.21. The van der Waals surface area contributed by atoms with Gasteiger partial charge in [0.1, 0.15) is 0 Å². The first kappa shape index (κ1) is 17.5. The van der Waals surface area contributed by atoms with E-state index in [1.165, 1.54) is 7.11 Å². The maximum absolute atomic E-state index is 11.9. The minimum absolute atomic E-state index is 0.0963. The molecule has 0 radical (unpaired) electrons. The molecular weight excluding hydrogens is 292 g/mol. The van der Waals surface area contributed by atoms with Crippen LogP contribution in [0, 0.1) is 6.92 Å². The zero-order chi connectivity index (χ0) is 15.8. The van der Waals surface area contributed by atoms with Crippen molar-refractivity contribution >= 4 is 29.2 Å². The summed E-state index contributed by atoms with van der Waals surface area (Å²) in [6, 6.07) is 5.33. The maximum Gasteiger partial charge on any atom is 0.305 e. The normalized spacial score (nSPS) is 10.5. The Morgan fingerprint density at radius 3 is 2.71 bits per heavy atom. The summed E-state index contributed by atoms with van der Waals surface area (Å²) >= 11 is 5.87. The van der Waals surface area contributed by atoms with Gasteiger partial charge < -0.3 is 10.1 Å². The van der Waals surface area contributed by atoms with Crippen molar-refractivity contribution in [2.75, 3.05) is 32.6 Å². The Morgan fingerprint density at radius 1 is 1.38 bits per heavy atom. The highest BCUT2D eigenvalue weighted by Crippen LogP contribution is 2.19. The second-order valence-electron chi connectivity index (χ2n) is 4.92. The van der Waals surface area contributed by atoms with Crippen LogP contribution in [0.1, 0.15) is 18.4 Å². The summed E-state index contributed by atoms with van der Waals surface area (Å²) in [6.45, 7) is 2.81. The highest BCUT2D eigenvalue weighted by Gasteiger charge is 2.09. The first-order chi connectivity index (χ1) is 9.92. The lowest BCUT2D eigenvalue weighted by Gasteiger charge is -2.16. The monoisotopic (exact) mass is 312 g/mol. The molecule has 0 aliphatic carbocycles. The molecule has 0 aliphatic heterocycles. The number of rotatable bonds is 7. The molecule has 1 rings (SSSR count). The molecule has 0 aromatic heterocycles. The average molecular weight is 313 g/mol. The van der Waals surface area contributed by atoms with Gasteiger partial charge in [-0.25, -0.2) is 0 Å². The van der Waals surface area contributed by atoms with E-state index in [-0.39, 0.29) is 18.4 Å². The van der Waals surface area contributed by atoms with Gasteiger partial charge in [0.2, 0.25) is 5.91 Å². The van der Waals surface area contributed by atoms with E-state index in [1.807, 2.05) is 18.9 Å². The zero-order valence-corrected chi connectivity index (χ0v) is 13.4. The lowest BCUT2D eigenvalue weighted by molar-refractivity contribution is -0.140. The molecule has 1 N–H and O–H groups in total. The number of aryl methyl sites for hydroxylation is 1. The highest BCUT2D eigenvalue weighted by molar-refractivity contribution is 6.30. The number of hydrogen-bond acceptors (Lipinski definition) is 4. The predicted octanol–water partition coefficient (Wildman–Crippen LogP) is 2.47. The SMILES string of the molecule is COC(=O)CCCN(C)CC(=O)Nc1ccc(Cl)cc1C. The van der Waals surface area contributed by atoms with Crippen LogP contribution in [0.25, 0.3) is 0 Å². The molecule has 0 fully saturated rings. The van der Waals surface area contributed by atoms with E-state index in [2.05, 4.69) is 10.1 Å². The topological polar surface area (TPSA) is 58.6 Å². The van der Waals surface area contributed by atoms with Crippen molar-refractivity contribution in [2.24, 2.45) is 0 Å². The molecule has 0 spiro atoms. The van der Waals surface area contributed by atoms with Crippen molar-refractivity contribution in [2.45, 2.75) is 19.8 Å². The van der Waals surface area contributed by atoms with Crippen molar-refractivity contribution in [3.8, 4) is 0 Å². The fourth-order valence-electron chi connectivity index (χ4n) is 1.88. The Labute approximate surface area is 130 Å². The van der Waals surface area contributed by atoms with Gasteiger partial charge in [0.15, 0.2) is 0 Å². The number of methoxy groups -OCH3 is 1. The molecule has 1 aromatic rings. The lowest BCUT2D eigenvalue weighted by Crippen LogP contribution is -2.31. The minimum Gasteiger partial charge on any atom is -0.469 e. The molecule has 0 saturated heterocycles. The van der Waals surface area contributed by atoms with Crippen LogP contribution in [0.5, 0.6) is 0 Å². The molecule has 6 heteroatoms. The van der Waals surface area contributed by atoms with Crippen molar-refractivity contribution in [1.29, 1.82) is 0 Å². The van der Waals surface area contributed by atoms with Gasteiger partial charge in [0.25, 0.3) is 0 Å². The number of likely N-dealkylation sites (N-methyl/N-ethyl adjacent to an activating group) is 1. The number of amides is 1. The van der Waals surface area contributed by atoms with Crippen molar-refractivity contribution in [1.82, 2.24) is 4.90 Å². The maximum atomic E-state index is 11.9. The van der Waals surface area contributed by atoms with Crippen LogP contribution in [0.3, 0.4) is 0 Å². The molecule has 1 aromatic carbocycles. The number of nitrogens with one attached hydrogen (secondary N) is 1. The van der Waals surface area contributed by atoms with Crippen LogP contribution in [0.2, 0.25) is 5.02 Å². The third-order valence-electron chi connectivity index (χ3n) is 3.02. The third-order valence-corrected chi connectivity index (χ3v) is 3.26. The highest BCUT2D eigenvalue weighted by atomic mass is 35.5. The standard InChI is InChI=1S/C15H21ClN2O3/c1-11-9-12(16)6-7-13(11)17-14(19)10-18(2)8-4-5-15(20)21-3/h6-7,9H,4-5,8,10H2,1-3H3,(H,17,19). The number of carbonyl (C=O) groups is 2. The number of anilines is 1. The Morgan fingerprint density at radius 2 is 2.10 bits per heavy atom. The minimum atomic E-state index is -0.232. The van der Waals surface area contributed by atoms with Crippen molar-refractivity contribution in [3.63, 3.8) is 0 Å². The number of benzene rings is 1. The number of carbonyl (C=O) groups excluding carboxylic acids is 2. The van der Waals surface area contributed by atoms with Gasteiger partial charge in [0.05, 0.1) is 13.7 Å². The first-order valence-corrected chi connectivity index (χ1v) is 7.11. The quantitative estimate of drug-likeness (QED) is 0.786. The lowest BCUT2D eigenvalue weighted by atomic mass is 10.2. The van der Waals surface area contributed by atoms with Crippen LogP contribution >= 0.6 is 11.6 Å². The Hall–Kier alpha value is -1.59. The molecule has 0 saturated carbocycles. The van der Waals surface area contributed by atoms with Crippen LogP contribution < -0.4 is 5.32 Å². The summed E-state index contributed by atoms with van der Waals surface area (Å²) in [4.78, 5) is 24.8. The number of esters is 1. The van der Waals surface area contributed by atoms with E-state index in [9.17, 15) is 9.59 Å². The molecular formula is C15H21ClN2O3. The smallest absolute Gasteiger partial charge is 0.305 e. The van der Waals surface area contributed by atoms with E-state index >= 15 is 0 Å². The van der Waals surface area contributed by atoms with Gasteiger partial charge in [-0.2, -0.15) is 0 Å². The van der Waals surface area contributed by atoms with Gasteiger partial charge in [-0.15, -0.1) is 0 Å². The second kappa shape index (κ2) is 8.64. The van der Waals surface area contributed by atoms with Crippen LogP contribution in [0.15, 0.2) is 18.2 Å². The molecule has 0 atom stereocenters. The molecule has 5 nitrogen and oxygen atoms in total. The summed E-state index contributed by atoms with van der Waals surface area (Å²) in [5.74, 6) is -0.328. The fraction of sp³-hybridized carbons (Fsp3) is 0.467. The van der Waals surface area contributed by atoms with Crippen LogP contribution in [-0.4, -0.2) is 44.0 Å². The summed E-state index contributed by atoms with van der Waals surface area (Å²) in [5.41, 5.74) is 1.68. The number of nitrogens with zero attached hydrogens (tertiary/aromatic N) is 1. The molecule has 0 unspecified atom stereocenters. The first-order valence-electron chi connectivity index (χ1n) is 6.73. The van der Waals surface area contributed by atoms with Gasteiger partial charge in [-0.3, -0.25) is 14.5 Å². The van der Waals surface area contributed by atoms with E-state index in [1.54, 1.807) is 18.2 Å². The second-order valence-corrected chi connectivity index (χ2v) is 5.36. The van der Waals surface area contributed by atoms with Gasteiger partial charge >= 0.3 is 5.97 Å². The van der Waals surface area contributed by atoms with Crippen LogP contribution in [0.4, 0.5) is 5.69 Å². The van der Waals surface area contributed by atoms with E-state index in [0.717, 1.165) is 11.3 Å². The molecule has 0 heterocycles. The Kier molecular flexibility index (Phi) is 7.19. The average Bonchev–Trinajstić information content (AvgIpc) is 2.41.